The molecule has 6 nitrogen and oxygen atoms in total. The highest BCUT2D eigenvalue weighted by Crippen LogP contribution is 2.42. The summed E-state index contributed by atoms with van der Waals surface area (Å²) in [6.45, 7) is 4.66. The molecule has 0 bridgehead atoms. The van der Waals surface area contributed by atoms with Crippen molar-refractivity contribution in [3.63, 3.8) is 0 Å². The van der Waals surface area contributed by atoms with Crippen LogP contribution >= 0.6 is 0 Å². The molecule has 1 aliphatic carbocycles. The third kappa shape index (κ3) is 11.7. The molecule has 0 radical (unpaired) electrons. The van der Waals surface area contributed by atoms with Crippen molar-refractivity contribution in [2.75, 3.05) is 6.61 Å². The number of ether oxygens (including phenoxy) is 3. The second kappa shape index (κ2) is 17.3. The van der Waals surface area contributed by atoms with Gasteiger partial charge >= 0.3 is 11.9 Å². The number of hydrogen-bond donors (Lipinski definition) is 1. The fraction of sp³-hybridized carbons (Fsp3) is 0.758. The van der Waals surface area contributed by atoms with Gasteiger partial charge in [0.05, 0.1) is 12.2 Å². The van der Waals surface area contributed by atoms with E-state index in [2.05, 4.69) is 0 Å². The van der Waals surface area contributed by atoms with E-state index in [-0.39, 0.29) is 55.6 Å². The fourth-order valence-corrected chi connectivity index (χ4v) is 6.03. The zero-order valence-corrected chi connectivity index (χ0v) is 24.9. The summed E-state index contributed by atoms with van der Waals surface area (Å²) in [4.78, 5) is 24.6. The van der Waals surface area contributed by atoms with Crippen LogP contribution in [0.4, 0.5) is 8.78 Å². The Morgan fingerprint density at radius 1 is 1.02 bits per heavy atom. The number of carbonyl (C=O) groups excluding carboxylic acids is 2. The molecule has 2 aliphatic rings. The second-order valence-electron chi connectivity index (χ2n) is 12.3. The number of unbranched alkanes of at least 4 members (excludes halogenated alkanes) is 3. The minimum absolute atomic E-state index is 0.108. The van der Waals surface area contributed by atoms with Gasteiger partial charge in [-0.25, -0.2) is 0 Å². The molecule has 41 heavy (non-hydrogen) atoms. The van der Waals surface area contributed by atoms with Gasteiger partial charge in [-0.15, -0.1) is 0 Å². The molecule has 8 heteroatoms. The molecular weight excluding hydrogens is 530 g/mol. The van der Waals surface area contributed by atoms with E-state index in [0.29, 0.717) is 25.9 Å². The molecule has 1 saturated carbocycles. The number of rotatable bonds is 18. The third-order valence-electron chi connectivity index (χ3n) is 8.52. The van der Waals surface area contributed by atoms with Gasteiger partial charge in [-0.1, -0.05) is 63.4 Å². The zero-order valence-electron chi connectivity index (χ0n) is 24.9. The van der Waals surface area contributed by atoms with Crippen molar-refractivity contribution in [2.45, 2.75) is 135 Å². The Balaban J connectivity index is 1.45. The normalized spacial score (nSPS) is 25.0. The minimum Gasteiger partial charge on any atom is -0.461 e. The quantitative estimate of drug-likeness (QED) is 0.144. The molecule has 0 spiro atoms. The molecule has 0 aromatic heterocycles. The Morgan fingerprint density at radius 3 is 2.49 bits per heavy atom. The summed E-state index contributed by atoms with van der Waals surface area (Å²) >= 11 is 0. The van der Waals surface area contributed by atoms with Gasteiger partial charge in [0.25, 0.3) is 0 Å². The fourth-order valence-electron chi connectivity index (χ4n) is 6.03. The monoisotopic (exact) mass is 580 g/mol. The average Bonchev–Trinajstić information content (AvgIpc) is 3.25. The van der Waals surface area contributed by atoms with Crippen molar-refractivity contribution in [1.29, 1.82) is 0 Å². The van der Waals surface area contributed by atoms with E-state index >= 15 is 0 Å². The van der Waals surface area contributed by atoms with Crippen LogP contribution in [0.2, 0.25) is 0 Å². The van der Waals surface area contributed by atoms with Gasteiger partial charge in [0.15, 0.2) is 6.29 Å². The smallest absolute Gasteiger partial charge is 0.306 e. The highest BCUT2D eigenvalue weighted by Gasteiger charge is 2.45. The van der Waals surface area contributed by atoms with Crippen LogP contribution in [0.3, 0.4) is 0 Å². The third-order valence-corrected chi connectivity index (χ3v) is 8.52. The number of carbonyl (C=O) groups is 2. The molecule has 1 saturated heterocycles. The van der Waals surface area contributed by atoms with Gasteiger partial charge in [-0.3, -0.25) is 9.59 Å². The molecule has 1 N–H and O–H groups in total. The van der Waals surface area contributed by atoms with Crippen LogP contribution in [-0.2, 0) is 30.4 Å². The summed E-state index contributed by atoms with van der Waals surface area (Å²) in [5, 5.41) is 10.9. The van der Waals surface area contributed by atoms with E-state index in [1.165, 1.54) is 0 Å². The predicted molar refractivity (Wildman–Crippen MR) is 153 cm³/mol. The topological polar surface area (TPSA) is 82.1 Å². The standard InChI is InChI=1S/C33H50F2O6/c1-24(2)19-20-33(34,35)30(37)18-17-27-26(28(36)22-29(27)41-32-16-10-11-21-39-32)14-8-3-4-9-15-31(38)40-23-25-12-6-5-7-13-25/h5-7,12-13,24,26-29,32,36H,3-4,8-11,14-23H2,1-2H3. The summed E-state index contributed by atoms with van der Waals surface area (Å²) in [5.74, 6) is -4.71. The molecule has 1 aromatic rings. The van der Waals surface area contributed by atoms with Gasteiger partial charge in [-0.05, 0) is 68.3 Å². The Labute approximate surface area is 244 Å². The SMILES string of the molecule is CC(C)CCC(F)(F)C(=O)CCC1C(OC2CCCCO2)CC(O)C1CCCCCCC(=O)OCc1ccccc1. The molecule has 5 unspecified atom stereocenters. The Hall–Kier alpha value is -1.90. The first kappa shape index (κ1) is 33.6. The summed E-state index contributed by atoms with van der Waals surface area (Å²) in [6, 6.07) is 9.58. The lowest BCUT2D eigenvalue weighted by molar-refractivity contribution is -0.196. The van der Waals surface area contributed by atoms with Crippen molar-refractivity contribution in [1.82, 2.24) is 0 Å². The van der Waals surface area contributed by atoms with Crippen LogP contribution in [0.15, 0.2) is 30.3 Å². The first-order valence-corrected chi connectivity index (χ1v) is 15.7. The molecule has 0 amide bonds. The van der Waals surface area contributed by atoms with Crippen LogP contribution in [-0.4, -0.2) is 47.9 Å². The summed E-state index contributed by atoms with van der Waals surface area (Å²) in [7, 11) is 0. The van der Waals surface area contributed by atoms with Crippen molar-refractivity contribution in [3.05, 3.63) is 35.9 Å². The summed E-state index contributed by atoms with van der Waals surface area (Å²) in [5.41, 5.74) is 0.962. The predicted octanol–water partition coefficient (Wildman–Crippen LogP) is 7.40. The first-order valence-electron chi connectivity index (χ1n) is 15.7. The number of Topliss-reactive ketones (excluding diaryl/α,β-unsaturated/α-hetero) is 1. The maximum atomic E-state index is 14.5. The van der Waals surface area contributed by atoms with Gasteiger partial charge < -0.3 is 19.3 Å². The average molecular weight is 581 g/mol. The van der Waals surface area contributed by atoms with Gasteiger partial charge in [0.2, 0.25) is 5.78 Å². The molecule has 1 aromatic carbocycles. The largest absolute Gasteiger partial charge is 0.461 e. The van der Waals surface area contributed by atoms with Crippen molar-refractivity contribution in [2.24, 2.45) is 17.8 Å². The summed E-state index contributed by atoms with van der Waals surface area (Å²) in [6.07, 6.45) is 6.35. The molecule has 232 valence electrons. The number of aliphatic hydroxyl groups is 1. The minimum atomic E-state index is -3.32. The number of halogens is 2. The molecule has 3 rings (SSSR count). The number of hydrogen-bond acceptors (Lipinski definition) is 6. The van der Waals surface area contributed by atoms with Crippen LogP contribution in [0, 0.1) is 17.8 Å². The second-order valence-corrected chi connectivity index (χ2v) is 12.3. The van der Waals surface area contributed by atoms with Crippen molar-refractivity contribution < 1.29 is 37.7 Å². The number of alkyl halides is 2. The summed E-state index contributed by atoms with van der Waals surface area (Å²) < 4.78 is 46.4. The highest BCUT2D eigenvalue weighted by molar-refractivity contribution is 5.85. The van der Waals surface area contributed by atoms with Crippen LogP contribution in [0.25, 0.3) is 0 Å². The molecule has 2 fully saturated rings. The Kier molecular flexibility index (Phi) is 14.2. The Morgan fingerprint density at radius 2 is 1.78 bits per heavy atom. The molecule has 1 aliphatic heterocycles. The lowest BCUT2D eigenvalue weighted by Crippen LogP contribution is -2.33. The highest BCUT2D eigenvalue weighted by atomic mass is 19.3. The maximum absolute atomic E-state index is 14.5. The van der Waals surface area contributed by atoms with E-state index in [0.717, 1.165) is 56.9 Å². The first-order chi connectivity index (χ1) is 19.7. The Bertz CT molecular complexity index is 902. The van der Waals surface area contributed by atoms with E-state index in [4.69, 9.17) is 14.2 Å². The van der Waals surface area contributed by atoms with Crippen LogP contribution in [0.1, 0.15) is 109 Å². The number of ketones is 1. The van der Waals surface area contributed by atoms with Gasteiger partial charge in [0.1, 0.15) is 6.61 Å². The van der Waals surface area contributed by atoms with Crippen LogP contribution in [0.5, 0.6) is 0 Å². The van der Waals surface area contributed by atoms with E-state index in [1.54, 1.807) is 0 Å². The number of benzene rings is 1. The number of aliphatic hydroxyl groups excluding tert-OH is 1. The number of esters is 1. The van der Waals surface area contributed by atoms with Crippen molar-refractivity contribution >= 4 is 11.8 Å². The van der Waals surface area contributed by atoms with Crippen molar-refractivity contribution in [3.8, 4) is 0 Å². The van der Waals surface area contributed by atoms with Crippen LogP contribution < -0.4 is 0 Å². The lowest BCUT2D eigenvalue weighted by atomic mass is 9.84. The molecule has 5 atom stereocenters. The van der Waals surface area contributed by atoms with E-state index < -0.39 is 24.2 Å². The zero-order chi connectivity index (χ0) is 29.7. The van der Waals surface area contributed by atoms with E-state index in [1.807, 2.05) is 44.2 Å². The van der Waals surface area contributed by atoms with E-state index in [9.17, 15) is 23.5 Å². The lowest BCUT2D eigenvalue weighted by Gasteiger charge is -2.30. The van der Waals surface area contributed by atoms with Gasteiger partial charge in [0, 0.05) is 32.3 Å². The maximum Gasteiger partial charge on any atom is 0.306 e. The molecule has 1 heterocycles. The molecular formula is C33H50F2O6. The van der Waals surface area contributed by atoms with Gasteiger partial charge in [-0.2, -0.15) is 8.78 Å².